The molecule has 4 rings (SSSR count). The molecule has 2 heterocycles. The number of carbonyl (C=O) groups excluding carboxylic acids is 2. The van der Waals surface area contributed by atoms with Crippen molar-refractivity contribution in [3.8, 4) is 5.75 Å². The molecule has 1 aromatic carbocycles. The lowest BCUT2D eigenvalue weighted by molar-refractivity contribution is -0.261. The fourth-order valence-electron chi connectivity index (χ4n) is 5.24. The first-order valence-electron chi connectivity index (χ1n) is 13.0. The molecule has 0 amide bonds. The molecule has 0 saturated carbocycles. The summed E-state index contributed by atoms with van der Waals surface area (Å²) in [5, 5.41) is 125. The van der Waals surface area contributed by atoms with Gasteiger partial charge in [-0.15, -0.1) is 0 Å². The predicted octanol–water partition coefficient (Wildman–Crippen LogP) is -4.40. The summed E-state index contributed by atoms with van der Waals surface area (Å²) in [4.78, 5) is 27.6. The number of Topliss-reactive ketones (excluding diaryl/α,β-unsaturated/α-hetero) is 2. The molecule has 0 unspecified atom stereocenters. The minimum atomic E-state index is -3.63. The number of ketones is 2. The molecule has 2 aliphatic heterocycles. The monoisotopic (exact) mass is 612 g/mol. The highest BCUT2D eigenvalue weighted by Gasteiger charge is 2.65. The molecule has 0 radical (unpaired) electrons. The van der Waals surface area contributed by atoms with E-state index < -0.39 is 114 Å². The van der Waals surface area contributed by atoms with Gasteiger partial charge in [-0.05, 0) is 23.8 Å². The van der Waals surface area contributed by atoms with Gasteiger partial charge < -0.3 is 70.8 Å². The summed E-state index contributed by atoms with van der Waals surface area (Å²) in [5.74, 6) is -6.12. The van der Waals surface area contributed by atoms with Gasteiger partial charge in [0.2, 0.25) is 17.2 Å². The van der Waals surface area contributed by atoms with Crippen LogP contribution >= 0.6 is 0 Å². The average molecular weight is 613 g/mol. The Balaban J connectivity index is 1.92. The summed E-state index contributed by atoms with van der Waals surface area (Å²) in [5.41, 5.74) is -5.62. The minimum absolute atomic E-state index is 0.0879. The summed E-state index contributed by atoms with van der Waals surface area (Å²) in [6.45, 7) is -1.99. The first kappa shape index (κ1) is 32.6. The number of aliphatic hydroxyl groups excluding tert-OH is 10. The number of carbonyl (C=O) groups is 2. The maximum atomic E-state index is 13.9. The molecular weight excluding hydrogens is 580 g/mol. The van der Waals surface area contributed by atoms with E-state index in [-0.39, 0.29) is 5.75 Å². The maximum Gasteiger partial charge on any atom is 0.219 e. The summed E-state index contributed by atoms with van der Waals surface area (Å²) in [7, 11) is 0. The number of aliphatic hydroxyl groups is 11. The fraction of sp³-hybridized carbons (Fsp3) is 0.481. The lowest BCUT2D eigenvalue weighted by Gasteiger charge is -2.48. The SMILES string of the molecule is O=C1C(=C(O)/C=C/c2ccc(O)cc2)C(O)=C([C@@H]2O[C@H](CO)[C@@H](O)[C@H](O)[C@H]2O)C(=O)[C@]1(O)[C@@H]1O[C@H](CO)[C@@H](O)[C@H](O)[C@H]1O. The second-order valence-electron chi connectivity index (χ2n) is 10.4. The molecule has 12 N–H and O–H groups in total. The van der Waals surface area contributed by atoms with Crippen LogP contribution in [0.1, 0.15) is 5.56 Å². The Bertz CT molecular complexity index is 1320. The van der Waals surface area contributed by atoms with E-state index in [1.807, 2.05) is 0 Å². The zero-order valence-electron chi connectivity index (χ0n) is 22.2. The van der Waals surface area contributed by atoms with Crippen LogP contribution in [0.2, 0.25) is 0 Å². The quantitative estimate of drug-likeness (QED) is 0.0820. The number of ether oxygens (including phenoxy) is 2. The molecule has 43 heavy (non-hydrogen) atoms. The highest BCUT2D eigenvalue weighted by Crippen LogP contribution is 2.42. The highest BCUT2D eigenvalue weighted by atomic mass is 16.6. The second-order valence-corrected chi connectivity index (χ2v) is 10.4. The van der Waals surface area contributed by atoms with Gasteiger partial charge in [-0.3, -0.25) is 9.59 Å². The van der Waals surface area contributed by atoms with E-state index in [2.05, 4.69) is 0 Å². The normalized spacial score (nSPS) is 40.3. The predicted molar refractivity (Wildman–Crippen MR) is 139 cm³/mol. The third kappa shape index (κ3) is 5.47. The molecule has 0 aromatic heterocycles. The van der Waals surface area contributed by atoms with E-state index in [1.165, 1.54) is 30.3 Å². The fourth-order valence-corrected chi connectivity index (χ4v) is 5.24. The van der Waals surface area contributed by atoms with Gasteiger partial charge >= 0.3 is 0 Å². The van der Waals surface area contributed by atoms with Crippen molar-refractivity contribution in [1.82, 2.24) is 0 Å². The van der Waals surface area contributed by atoms with E-state index in [1.54, 1.807) is 0 Å². The van der Waals surface area contributed by atoms with Crippen molar-refractivity contribution >= 4 is 17.6 Å². The maximum absolute atomic E-state index is 13.9. The van der Waals surface area contributed by atoms with Crippen LogP contribution in [0.3, 0.4) is 0 Å². The Hall–Kier alpha value is -3.26. The Morgan fingerprint density at radius 3 is 1.86 bits per heavy atom. The highest BCUT2D eigenvalue weighted by molar-refractivity contribution is 6.28. The van der Waals surface area contributed by atoms with Crippen molar-refractivity contribution in [1.29, 1.82) is 0 Å². The third-order valence-corrected chi connectivity index (χ3v) is 7.72. The smallest absolute Gasteiger partial charge is 0.219 e. The van der Waals surface area contributed by atoms with Gasteiger partial charge in [-0.1, -0.05) is 18.2 Å². The molecule has 2 fully saturated rings. The average Bonchev–Trinajstić information content (AvgIpc) is 2.98. The van der Waals surface area contributed by atoms with E-state index in [0.29, 0.717) is 5.56 Å². The number of aromatic hydroxyl groups is 1. The number of phenolic OH excluding ortho intramolecular Hbond substituents is 1. The molecule has 16 heteroatoms. The van der Waals surface area contributed by atoms with E-state index in [0.717, 1.165) is 6.08 Å². The number of hydrogen-bond donors (Lipinski definition) is 12. The summed E-state index contributed by atoms with van der Waals surface area (Å²) < 4.78 is 10.6. The minimum Gasteiger partial charge on any atom is -0.508 e. The molecule has 1 aromatic rings. The first-order chi connectivity index (χ1) is 20.2. The first-order valence-corrected chi connectivity index (χ1v) is 13.0. The van der Waals surface area contributed by atoms with Gasteiger partial charge in [0, 0.05) is 0 Å². The zero-order chi connectivity index (χ0) is 32.0. The van der Waals surface area contributed by atoms with Gasteiger partial charge in [0.1, 0.15) is 83.9 Å². The topological polar surface area (TPSA) is 295 Å². The molecule has 2 saturated heterocycles. The summed E-state index contributed by atoms with van der Waals surface area (Å²) in [6, 6.07) is 5.38. The van der Waals surface area contributed by atoms with Gasteiger partial charge in [-0.25, -0.2) is 0 Å². The summed E-state index contributed by atoms with van der Waals surface area (Å²) in [6.07, 6.45) is -18.7. The van der Waals surface area contributed by atoms with Crippen molar-refractivity contribution in [3.05, 3.63) is 58.6 Å². The van der Waals surface area contributed by atoms with E-state index in [9.17, 15) is 70.9 Å². The van der Waals surface area contributed by atoms with Gasteiger partial charge in [0.25, 0.3) is 0 Å². The summed E-state index contributed by atoms with van der Waals surface area (Å²) >= 11 is 0. The standard InChI is InChI=1S/C27H32O16/c28-7-12-16(32)19(35)21(37)23(42-12)15-18(34)14(11(31)6-3-9-1-4-10(30)5-2-9)24(39)27(41,25(15)40)26-22(38)20(36)17(33)13(8-29)43-26/h1-6,12-13,16-17,19-23,26,28-38,41H,7-8H2/b6-3+,14-11?/t12-,13-,16-,17-,19+,20+,21-,22-,23+,26-,27+/m1/s1. The second kappa shape index (κ2) is 12.4. The molecule has 1 aliphatic carbocycles. The molecule has 11 atom stereocenters. The van der Waals surface area contributed by atoms with Crippen LogP contribution in [0.15, 0.2) is 53.0 Å². The molecular formula is C27H32O16. The Morgan fingerprint density at radius 1 is 0.767 bits per heavy atom. The zero-order valence-corrected chi connectivity index (χ0v) is 22.2. The molecule has 16 nitrogen and oxygen atoms in total. The van der Waals surface area contributed by atoms with Crippen LogP contribution in [-0.4, -0.2) is 153 Å². The largest absolute Gasteiger partial charge is 0.508 e. The van der Waals surface area contributed by atoms with E-state index >= 15 is 0 Å². The van der Waals surface area contributed by atoms with Crippen LogP contribution in [-0.2, 0) is 19.1 Å². The number of rotatable bonds is 6. The number of phenols is 1. The van der Waals surface area contributed by atoms with Gasteiger partial charge in [0.05, 0.1) is 18.8 Å². The van der Waals surface area contributed by atoms with Crippen molar-refractivity contribution in [2.75, 3.05) is 13.2 Å². The van der Waals surface area contributed by atoms with Crippen LogP contribution < -0.4 is 0 Å². The molecule has 0 spiro atoms. The lowest BCUT2D eigenvalue weighted by Crippen LogP contribution is -2.72. The third-order valence-electron chi connectivity index (χ3n) is 7.72. The van der Waals surface area contributed by atoms with Crippen LogP contribution in [0.5, 0.6) is 5.75 Å². The Kier molecular flexibility index (Phi) is 9.41. The van der Waals surface area contributed by atoms with E-state index in [4.69, 9.17) is 9.47 Å². The number of allylic oxidation sites excluding steroid dienone is 2. The number of benzene rings is 1. The van der Waals surface area contributed by atoms with Crippen LogP contribution in [0.4, 0.5) is 0 Å². The van der Waals surface area contributed by atoms with Gasteiger partial charge in [0.15, 0.2) is 0 Å². The van der Waals surface area contributed by atoms with Crippen molar-refractivity contribution in [3.63, 3.8) is 0 Å². The van der Waals surface area contributed by atoms with Crippen LogP contribution in [0, 0.1) is 0 Å². The van der Waals surface area contributed by atoms with Crippen LogP contribution in [0.25, 0.3) is 6.08 Å². The Labute approximate surface area is 242 Å². The van der Waals surface area contributed by atoms with Crippen molar-refractivity contribution < 1.29 is 80.3 Å². The Morgan fingerprint density at radius 2 is 1.30 bits per heavy atom. The molecule has 3 aliphatic rings. The van der Waals surface area contributed by atoms with Crippen molar-refractivity contribution in [2.24, 2.45) is 0 Å². The molecule has 236 valence electrons. The molecule has 0 bridgehead atoms. The van der Waals surface area contributed by atoms with Crippen molar-refractivity contribution in [2.45, 2.75) is 66.6 Å². The van der Waals surface area contributed by atoms with Gasteiger partial charge in [-0.2, -0.15) is 0 Å². The number of hydrogen-bond acceptors (Lipinski definition) is 16. The lowest BCUT2D eigenvalue weighted by atomic mass is 9.69.